The molecule has 6 heteroatoms. The molecular weight excluding hydrogens is 374 g/mol. The Bertz CT molecular complexity index is 942. The van der Waals surface area contributed by atoms with Crippen molar-refractivity contribution >= 4 is 10.0 Å². The van der Waals surface area contributed by atoms with Gasteiger partial charge in [0, 0.05) is 6.04 Å². The maximum absolute atomic E-state index is 13.1. The standard InChI is InChI=1S/C22H31NO4S/c1-13(2)19-12-20(14(3)11-21(19)27-8)17(6)23-28(24,25)22-15(4)9-18(26-7)10-16(22)5/h9-13,17,23H,1-8H3/t17-/m1/s1. The van der Waals surface area contributed by atoms with Gasteiger partial charge in [-0.3, -0.25) is 0 Å². The fourth-order valence-corrected chi connectivity index (χ4v) is 5.29. The molecule has 0 spiro atoms. The van der Waals surface area contributed by atoms with Crippen molar-refractivity contribution in [3.05, 3.63) is 52.1 Å². The highest BCUT2D eigenvalue weighted by atomic mass is 32.2. The van der Waals surface area contributed by atoms with Crippen LogP contribution in [0.3, 0.4) is 0 Å². The smallest absolute Gasteiger partial charge is 0.241 e. The van der Waals surface area contributed by atoms with Crippen LogP contribution >= 0.6 is 0 Å². The highest BCUT2D eigenvalue weighted by molar-refractivity contribution is 7.89. The Kier molecular flexibility index (Phi) is 6.78. The number of sulfonamides is 1. The molecule has 1 N–H and O–H groups in total. The average Bonchev–Trinajstić information content (AvgIpc) is 2.59. The van der Waals surface area contributed by atoms with E-state index < -0.39 is 10.0 Å². The summed E-state index contributed by atoms with van der Waals surface area (Å²) in [4.78, 5) is 0.301. The topological polar surface area (TPSA) is 64.6 Å². The molecule has 0 radical (unpaired) electrons. The fourth-order valence-electron chi connectivity index (χ4n) is 3.62. The molecule has 5 nitrogen and oxygen atoms in total. The summed E-state index contributed by atoms with van der Waals surface area (Å²) in [6.07, 6.45) is 0. The van der Waals surface area contributed by atoms with Crippen LogP contribution in [0.5, 0.6) is 11.5 Å². The van der Waals surface area contributed by atoms with Gasteiger partial charge in [-0.2, -0.15) is 0 Å². The van der Waals surface area contributed by atoms with Crippen molar-refractivity contribution in [3.63, 3.8) is 0 Å². The van der Waals surface area contributed by atoms with Crippen molar-refractivity contribution in [1.82, 2.24) is 4.72 Å². The summed E-state index contributed by atoms with van der Waals surface area (Å²) in [5.41, 5.74) is 4.30. The minimum absolute atomic E-state index is 0.268. The number of rotatable bonds is 7. The van der Waals surface area contributed by atoms with E-state index in [9.17, 15) is 8.42 Å². The van der Waals surface area contributed by atoms with Crippen LogP contribution < -0.4 is 14.2 Å². The van der Waals surface area contributed by atoms with E-state index >= 15 is 0 Å². The zero-order valence-corrected chi connectivity index (χ0v) is 18.8. The Hall–Kier alpha value is -2.05. The Morgan fingerprint density at radius 3 is 1.86 bits per heavy atom. The number of aryl methyl sites for hydroxylation is 3. The first-order chi connectivity index (χ1) is 13.0. The maximum Gasteiger partial charge on any atom is 0.241 e. The molecule has 0 unspecified atom stereocenters. The largest absolute Gasteiger partial charge is 0.497 e. The van der Waals surface area contributed by atoms with E-state index in [2.05, 4.69) is 18.6 Å². The van der Waals surface area contributed by atoms with E-state index in [1.807, 2.05) is 26.0 Å². The third-order valence-corrected chi connectivity index (χ3v) is 6.82. The normalized spacial score (nSPS) is 12.9. The number of hydrogen-bond acceptors (Lipinski definition) is 4. The van der Waals surface area contributed by atoms with Gasteiger partial charge >= 0.3 is 0 Å². The quantitative estimate of drug-likeness (QED) is 0.719. The Morgan fingerprint density at radius 2 is 1.39 bits per heavy atom. The van der Waals surface area contributed by atoms with Gasteiger partial charge in [0.25, 0.3) is 0 Å². The number of benzene rings is 2. The van der Waals surface area contributed by atoms with Crippen molar-refractivity contribution in [2.45, 2.75) is 58.4 Å². The van der Waals surface area contributed by atoms with E-state index in [0.29, 0.717) is 21.8 Å². The summed E-state index contributed by atoms with van der Waals surface area (Å²) in [5, 5.41) is 0. The third-order valence-electron chi connectivity index (χ3n) is 4.98. The predicted molar refractivity (Wildman–Crippen MR) is 113 cm³/mol. The van der Waals surface area contributed by atoms with Crippen molar-refractivity contribution in [1.29, 1.82) is 0 Å². The Morgan fingerprint density at radius 1 is 0.821 bits per heavy atom. The van der Waals surface area contributed by atoms with Gasteiger partial charge in [-0.15, -0.1) is 0 Å². The molecule has 0 amide bonds. The van der Waals surface area contributed by atoms with E-state index in [1.54, 1.807) is 40.2 Å². The van der Waals surface area contributed by atoms with Gasteiger partial charge in [-0.1, -0.05) is 13.8 Å². The molecule has 28 heavy (non-hydrogen) atoms. The van der Waals surface area contributed by atoms with Crippen molar-refractivity contribution < 1.29 is 17.9 Å². The summed E-state index contributed by atoms with van der Waals surface area (Å²) in [7, 11) is -0.471. The molecule has 0 fully saturated rings. The molecule has 0 saturated carbocycles. The molecule has 1 atom stereocenters. The lowest BCUT2D eigenvalue weighted by Crippen LogP contribution is -2.28. The molecule has 2 aromatic carbocycles. The Balaban J connectivity index is 2.45. The summed E-state index contributed by atoms with van der Waals surface area (Å²) in [6, 6.07) is 7.11. The molecule has 0 aliphatic heterocycles. The van der Waals surface area contributed by atoms with Crippen molar-refractivity contribution in [3.8, 4) is 11.5 Å². The van der Waals surface area contributed by atoms with Gasteiger partial charge in [-0.05, 0) is 85.7 Å². The molecule has 0 aliphatic rings. The van der Waals surface area contributed by atoms with Crippen LogP contribution in [0.2, 0.25) is 0 Å². The molecular formula is C22H31NO4S. The van der Waals surface area contributed by atoms with E-state index in [1.165, 1.54) is 0 Å². The number of hydrogen-bond donors (Lipinski definition) is 1. The van der Waals surface area contributed by atoms with Gasteiger partial charge < -0.3 is 9.47 Å². The Labute approximate surface area is 169 Å². The summed E-state index contributed by atoms with van der Waals surface area (Å²) < 4.78 is 39.8. The first kappa shape index (κ1) is 22.2. The maximum atomic E-state index is 13.1. The van der Waals surface area contributed by atoms with E-state index in [0.717, 1.165) is 22.4 Å². The lowest BCUT2D eigenvalue weighted by atomic mass is 9.94. The van der Waals surface area contributed by atoms with Crippen LogP contribution in [0.25, 0.3) is 0 Å². The fraction of sp³-hybridized carbons (Fsp3) is 0.455. The predicted octanol–water partition coefficient (Wildman–Crippen LogP) is 4.79. The summed E-state index contributed by atoms with van der Waals surface area (Å²) in [6.45, 7) is 11.6. The van der Waals surface area contributed by atoms with Crippen LogP contribution in [0.1, 0.15) is 60.5 Å². The minimum Gasteiger partial charge on any atom is -0.497 e. The third kappa shape index (κ3) is 4.50. The first-order valence-corrected chi connectivity index (χ1v) is 10.9. The monoisotopic (exact) mass is 405 g/mol. The lowest BCUT2D eigenvalue weighted by Gasteiger charge is -2.22. The number of methoxy groups -OCH3 is 2. The second-order valence-corrected chi connectivity index (χ2v) is 9.19. The average molecular weight is 406 g/mol. The second-order valence-electron chi connectivity index (χ2n) is 7.54. The molecule has 0 aromatic heterocycles. The summed E-state index contributed by atoms with van der Waals surface area (Å²) in [5.74, 6) is 1.74. The van der Waals surface area contributed by atoms with Gasteiger partial charge in [0.2, 0.25) is 10.0 Å². The van der Waals surface area contributed by atoms with Crippen LogP contribution in [-0.2, 0) is 10.0 Å². The summed E-state index contributed by atoms with van der Waals surface area (Å²) >= 11 is 0. The molecule has 2 aromatic rings. The van der Waals surface area contributed by atoms with Crippen LogP contribution in [-0.4, -0.2) is 22.6 Å². The van der Waals surface area contributed by atoms with Gasteiger partial charge in [0.15, 0.2) is 0 Å². The second kappa shape index (κ2) is 8.53. The van der Waals surface area contributed by atoms with E-state index in [-0.39, 0.29) is 12.0 Å². The van der Waals surface area contributed by atoms with Crippen LogP contribution in [0.15, 0.2) is 29.2 Å². The minimum atomic E-state index is -3.70. The highest BCUT2D eigenvalue weighted by Crippen LogP contribution is 2.33. The molecule has 154 valence electrons. The molecule has 0 bridgehead atoms. The van der Waals surface area contributed by atoms with Crippen molar-refractivity contribution in [2.24, 2.45) is 0 Å². The SMILES string of the molecule is COc1cc(C)c(S(=O)(=O)N[C@H](C)c2cc(C(C)C)c(OC)cc2C)c(C)c1. The first-order valence-electron chi connectivity index (χ1n) is 9.37. The zero-order valence-electron chi connectivity index (χ0n) is 18.0. The van der Waals surface area contributed by atoms with E-state index in [4.69, 9.17) is 9.47 Å². The van der Waals surface area contributed by atoms with Crippen molar-refractivity contribution in [2.75, 3.05) is 14.2 Å². The molecule has 0 saturated heterocycles. The van der Waals surface area contributed by atoms with Crippen LogP contribution in [0, 0.1) is 20.8 Å². The number of ether oxygens (including phenoxy) is 2. The zero-order chi connectivity index (χ0) is 21.2. The highest BCUT2D eigenvalue weighted by Gasteiger charge is 2.24. The van der Waals surface area contributed by atoms with Crippen LogP contribution in [0.4, 0.5) is 0 Å². The van der Waals surface area contributed by atoms with Gasteiger partial charge in [0.1, 0.15) is 11.5 Å². The molecule has 0 heterocycles. The van der Waals surface area contributed by atoms with Gasteiger partial charge in [0.05, 0.1) is 19.1 Å². The number of nitrogens with one attached hydrogen (secondary N) is 1. The van der Waals surface area contributed by atoms with Gasteiger partial charge in [-0.25, -0.2) is 13.1 Å². The molecule has 0 aliphatic carbocycles. The molecule has 2 rings (SSSR count). The lowest BCUT2D eigenvalue weighted by molar-refractivity contribution is 0.406.